The molecule has 0 spiro atoms. The number of benzene rings is 1. The third-order valence-corrected chi connectivity index (χ3v) is 7.88. The number of hydrogen-bond acceptors (Lipinski definition) is 5. The average molecular weight is 437 g/mol. The van der Waals surface area contributed by atoms with Crippen molar-refractivity contribution in [2.75, 3.05) is 30.4 Å². The molecule has 6 heteroatoms. The van der Waals surface area contributed by atoms with E-state index in [0.717, 1.165) is 37.4 Å². The van der Waals surface area contributed by atoms with Gasteiger partial charge in [0, 0.05) is 30.2 Å². The van der Waals surface area contributed by atoms with E-state index in [0.29, 0.717) is 12.1 Å². The largest absolute Gasteiger partial charge is 0.371 e. The summed E-state index contributed by atoms with van der Waals surface area (Å²) in [5.74, 6) is -0.0472. The molecule has 1 aromatic carbocycles. The molecule has 1 saturated heterocycles. The van der Waals surface area contributed by atoms with E-state index in [4.69, 9.17) is 0 Å². The number of carbonyl (C=O) groups excluding carboxylic acids is 1. The van der Waals surface area contributed by atoms with Crippen LogP contribution in [0.2, 0.25) is 0 Å². The van der Waals surface area contributed by atoms with Crippen LogP contribution in [0.25, 0.3) is 0 Å². The molecule has 0 saturated carbocycles. The minimum Gasteiger partial charge on any atom is -0.371 e. The monoisotopic (exact) mass is 436 g/mol. The number of nitrogens with one attached hydrogen (secondary N) is 1. The maximum absolute atomic E-state index is 13.1. The van der Waals surface area contributed by atoms with E-state index in [-0.39, 0.29) is 11.9 Å². The molecule has 0 bridgehead atoms. The average Bonchev–Trinajstić information content (AvgIpc) is 3.36. The summed E-state index contributed by atoms with van der Waals surface area (Å²) in [6, 6.07) is 10.6. The number of carbonyl (C=O) groups is 1. The van der Waals surface area contributed by atoms with E-state index in [2.05, 4.69) is 45.5 Å². The second-order valence-corrected chi connectivity index (χ2v) is 9.89. The summed E-state index contributed by atoms with van der Waals surface area (Å²) in [6.07, 6.45) is 7.97. The number of para-hydroxylation sites is 1. The maximum atomic E-state index is 13.1. The van der Waals surface area contributed by atoms with Crippen LogP contribution in [0, 0.1) is 11.3 Å². The predicted molar refractivity (Wildman–Crippen MR) is 128 cm³/mol. The minimum atomic E-state index is -0.292. The fraction of sp³-hybridized carbons (Fsp3) is 0.520. The van der Waals surface area contributed by atoms with Gasteiger partial charge in [-0.25, -0.2) is 0 Å². The Balaban J connectivity index is 1.45. The predicted octanol–water partition coefficient (Wildman–Crippen LogP) is 4.95. The molecule has 2 aliphatic rings. The van der Waals surface area contributed by atoms with E-state index < -0.39 is 0 Å². The molecule has 2 heterocycles. The van der Waals surface area contributed by atoms with Crippen LogP contribution in [-0.2, 0) is 24.2 Å². The number of fused-ring (bicyclic) bond motifs is 1. The zero-order valence-electron chi connectivity index (χ0n) is 18.6. The van der Waals surface area contributed by atoms with Gasteiger partial charge in [0.15, 0.2) is 0 Å². The Labute approximate surface area is 189 Å². The Morgan fingerprint density at radius 3 is 2.71 bits per heavy atom. The van der Waals surface area contributed by atoms with Gasteiger partial charge in [0.05, 0.1) is 11.6 Å². The molecule has 0 radical (unpaired) electrons. The summed E-state index contributed by atoms with van der Waals surface area (Å²) in [5, 5.41) is 13.5. The molecule has 164 valence electrons. The van der Waals surface area contributed by atoms with E-state index >= 15 is 0 Å². The first-order valence-corrected chi connectivity index (χ1v) is 12.3. The molecular weight excluding hydrogens is 404 g/mol. The number of hydrogen-bond donors (Lipinski definition) is 1. The normalized spacial score (nSPS) is 17.2. The van der Waals surface area contributed by atoms with Gasteiger partial charge in [-0.15, -0.1) is 11.3 Å². The lowest BCUT2D eigenvalue weighted by Crippen LogP contribution is -2.39. The molecule has 1 amide bonds. The first-order chi connectivity index (χ1) is 15.1. The highest BCUT2D eigenvalue weighted by Crippen LogP contribution is 2.37. The minimum absolute atomic E-state index is 0.0472. The van der Waals surface area contributed by atoms with Gasteiger partial charge in [-0.2, -0.15) is 5.26 Å². The van der Waals surface area contributed by atoms with Crippen molar-refractivity contribution in [1.29, 1.82) is 5.26 Å². The number of amides is 1. The molecule has 31 heavy (non-hydrogen) atoms. The number of anilines is 2. The molecule has 5 nitrogen and oxygen atoms in total. The number of rotatable bonds is 6. The number of thiophene rings is 1. The molecule has 1 atom stereocenters. The summed E-state index contributed by atoms with van der Waals surface area (Å²) in [4.78, 5) is 18.9. The summed E-state index contributed by atoms with van der Waals surface area (Å²) in [7, 11) is 2.00. The van der Waals surface area contributed by atoms with Crippen molar-refractivity contribution in [3.8, 4) is 6.07 Å². The molecule has 1 N–H and O–H groups in total. The van der Waals surface area contributed by atoms with Crippen LogP contribution in [0.1, 0.15) is 60.6 Å². The van der Waals surface area contributed by atoms with Crippen molar-refractivity contribution in [3.63, 3.8) is 0 Å². The Bertz CT molecular complexity index is 970. The van der Waals surface area contributed by atoms with E-state index in [9.17, 15) is 10.1 Å². The fourth-order valence-electron chi connectivity index (χ4n) is 4.68. The molecule has 1 aromatic heterocycles. The lowest BCUT2D eigenvalue weighted by molar-refractivity contribution is -0.120. The smallest absolute Gasteiger partial charge is 0.242 e. The Morgan fingerprint density at radius 2 is 1.94 bits per heavy atom. The Hall–Kier alpha value is -2.36. The Morgan fingerprint density at radius 1 is 1.19 bits per heavy atom. The molecule has 2 aromatic rings. The third-order valence-electron chi connectivity index (χ3n) is 6.67. The van der Waals surface area contributed by atoms with Crippen molar-refractivity contribution in [1.82, 2.24) is 4.90 Å². The van der Waals surface area contributed by atoms with Gasteiger partial charge in [-0.05, 0) is 69.7 Å². The molecule has 1 aliphatic carbocycles. The Kier molecular flexibility index (Phi) is 6.94. The van der Waals surface area contributed by atoms with Crippen molar-refractivity contribution in [2.45, 2.75) is 64.5 Å². The van der Waals surface area contributed by atoms with E-state index in [1.807, 2.05) is 14.0 Å². The van der Waals surface area contributed by atoms with Gasteiger partial charge in [0.25, 0.3) is 0 Å². The SMILES string of the molecule is C[C@H](C(=O)Nc1sc2c(c1C#N)CCCCC2)N(C)Cc1ccccc1N1CCCC1. The summed E-state index contributed by atoms with van der Waals surface area (Å²) >= 11 is 1.60. The number of aryl methyl sites for hydroxylation is 1. The van der Waals surface area contributed by atoms with Gasteiger partial charge in [-0.3, -0.25) is 9.69 Å². The van der Waals surface area contributed by atoms with Gasteiger partial charge in [-0.1, -0.05) is 24.6 Å². The van der Waals surface area contributed by atoms with Crippen LogP contribution in [0.15, 0.2) is 24.3 Å². The second kappa shape index (κ2) is 9.84. The van der Waals surface area contributed by atoms with Crippen molar-refractivity contribution >= 4 is 27.9 Å². The summed E-state index contributed by atoms with van der Waals surface area (Å²) < 4.78 is 0. The molecule has 1 aliphatic heterocycles. The number of likely N-dealkylation sites (N-methyl/N-ethyl adjacent to an activating group) is 1. The van der Waals surface area contributed by atoms with Crippen molar-refractivity contribution in [2.24, 2.45) is 0 Å². The first kappa shape index (κ1) is 21.9. The van der Waals surface area contributed by atoms with Crippen molar-refractivity contribution < 1.29 is 4.79 Å². The summed E-state index contributed by atoms with van der Waals surface area (Å²) in [5.41, 5.74) is 4.39. The van der Waals surface area contributed by atoms with E-state index in [1.165, 1.54) is 47.4 Å². The lowest BCUT2D eigenvalue weighted by Gasteiger charge is -2.27. The van der Waals surface area contributed by atoms with Crippen molar-refractivity contribution in [3.05, 3.63) is 45.8 Å². The number of nitrogens with zero attached hydrogens (tertiary/aromatic N) is 3. The third kappa shape index (κ3) is 4.78. The quantitative estimate of drug-likeness (QED) is 0.651. The zero-order valence-corrected chi connectivity index (χ0v) is 19.4. The van der Waals surface area contributed by atoms with Gasteiger partial charge < -0.3 is 10.2 Å². The first-order valence-electron chi connectivity index (χ1n) is 11.5. The van der Waals surface area contributed by atoms with Crippen LogP contribution in [0.3, 0.4) is 0 Å². The molecule has 4 rings (SSSR count). The van der Waals surface area contributed by atoms with Crippen LogP contribution in [-0.4, -0.2) is 37.0 Å². The van der Waals surface area contributed by atoms with Gasteiger partial charge in [0.2, 0.25) is 5.91 Å². The van der Waals surface area contributed by atoms with Crippen LogP contribution in [0.5, 0.6) is 0 Å². The highest BCUT2D eigenvalue weighted by atomic mass is 32.1. The van der Waals surface area contributed by atoms with Gasteiger partial charge in [0.1, 0.15) is 11.1 Å². The summed E-state index contributed by atoms with van der Waals surface area (Å²) in [6.45, 7) is 4.87. The van der Waals surface area contributed by atoms with Crippen LogP contribution < -0.4 is 10.2 Å². The molecule has 1 fully saturated rings. The van der Waals surface area contributed by atoms with Crippen LogP contribution in [0.4, 0.5) is 10.7 Å². The second-order valence-electron chi connectivity index (χ2n) is 8.78. The van der Waals surface area contributed by atoms with Crippen LogP contribution >= 0.6 is 11.3 Å². The highest BCUT2D eigenvalue weighted by Gasteiger charge is 2.25. The fourth-order valence-corrected chi connectivity index (χ4v) is 5.92. The standard InChI is InChI=1S/C25H32N4OS/c1-18(28(2)17-19-10-6-7-12-22(19)29-14-8-9-15-29)24(30)27-25-21(16-26)20-11-4-3-5-13-23(20)31-25/h6-7,10,12,18H,3-5,8-9,11,13-15,17H2,1-2H3,(H,27,30)/t18-/m1/s1. The topological polar surface area (TPSA) is 59.4 Å². The molecule has 0 unspecified atom stereocenters. The highest BCUT2D eigenvalue weighted by molar-refractivity contribution is 7.16. The maximum Gasteiger partial charge on any atom is 0.242 e. The lowest BCUT2D eigenvalue weighted by atomic mass is 10.1. The van der Waals surface area contributed by atoms with E-state index in [1.54, 1.807) is 11.3 Å². The number of nitriles is 1. The zero-order chi connectivity index (χ0) is 21.8. The molecular formula is C25H32N4OS. The van der Waals surface area contributed by atoms with Gasteiger partial charge >= 0.3 is 0 Å².